The lowest BCUT2D eigenvalue weighted by Crippen LogP contribution is -1.98. The summed E-state index contributed by atoms with van der Waals surface area (Å²) in [6, 6.07) is 0. The van der Waals surface area contributed by atoms with Crippen LogP contribution in [-0.2, 0) is 21.8 Å². The minimum Gasteiger partial charge on any atom is -0.467 e. The Hall–Kier alpha value is -0.680. The molecular weight excluding hydrogens is 200 g/mol. The van der Waals surface area contributed by atoms with E-state index in [-0.39, 0.29) is 0 Å². The highest BCUT2D eigenvalue weighted by Gasteiger charge is 2.05. The fourth-order valence-corrected chi connectivity index (χ4v) is 1.56. The quantitative estimate of drug-likeness (QED) is 0.410. The molecule has 0 aliphatic heterocycles. The molecule has 1 aromatic rings. The van der Waals surface area contributed by atoms with Crippen LogP contribution in [0.2, 0.25) is 0 Å². The van der Waals surface area contributed by atoms with Gasteiger partial charge in [-0.15, -0.1) is 16.7 Å². The minimum absolute atomic E-state index is 0.332. The molecule has 0 aliphatic rings. The van der Waals surface area contributed by atoms with Crippen LogP contribution in [0.25, 0.3) is 0 Å². The molecule has 0 atom stereocenters. The van der Waals surface area contributed by atoms with Crippen molar-refractivity contribution < 1.29 is 9.53 Å². The maximum Gasteiger partial charge on any atom is 0.293 e. The highest BCUT2D eigenvalue weighted by Crippen LogP contribution is 2.13. The van der Waals surface area contributed by atoms with Crippen molar-refractivity contribution in [3.63, 3.8) is 0 Å². The second-order valence-corrected chi connectivity index (χ2v) is 3.10. The van der Waals surface area contributed by atoms with E-state index in [2.05, 4.69) is 14.3 Å². The summed E-state index contributed by atoms with van der Waals surface area (Å²) in [5.74, 6) is 0.411. The predicted octanol–water partition coefficient (Wildman–Crippen LogP) is 0.992. The van der Waals surface area contributed by atoms with Crippen LogP contribution in [0.1, 0.15) is 10.6 Å². The molecule has 1 aromatic heterocycles. The number of carbonyl (C=O) groups is 1. The fourth-order valence-electron chi connectivity index (χ4n) is 0.722. The number of halogens is 1. The fraction of sp³-hybridized carbons (Fsp3) is 0.500. The number of carbonyl (C=O) groups excluding carboxylic acids is 1. The van der Waals surface area contributed by atoms with E-state index in [0.717, 1.165) is 10.6 Å². The Labute approximate surface area is 78.7 Å². The third-order valence-corrected chi connectivity index (χ3v) is 2.47. The molecule has 12 heavy (non-hydrogen) atoms. The van der Waals surface area contributed by atoms with Crippen molar-refractivity contribution in [1.82, 2.24) is 9.59 Å². The van der Waals surface area contributed by atoms with E-state index in [1.165, 1.54) is 11.5 Å². The third-order valence-electron chi connectivity index (χ3n) is 1.28. The van der Waals surface area contributed by atoms with E-state index < -0.39 is 0 Å². The van der Waals surface area contributed by atoms with Gasteiger partial charge in [0.05, 0.1) is 23.1 Å². The molecular formula is C6H7ClN2O2S. The summed E-state index contributed by atoms with van der Waals surface area (Å²) >= 11 is 6.88. The highest BCUT2D eigenvalue weighted by molar-refractivity contribution is 7.05. The number of nitrogens with zero attached hydrogens (tertiary/aromatic N) is 2. The molecule has 0 radical (unpaired) electrons. The van der Waals surface area contributed by atoms with Crippen LogP contribution >= 0.6 is 23.1 Å². The van der Waals surface area contributed by atoms with Gasteiger partial charge in [0.25, 0.3) is 6.47 Å². The zero-order valence-corrected chi connectivity index (χ0v) is 7.77. The van der Waals surface area contributed by atoms with Crippen molar-refractivity contribution >= 4 is 29.6 Å². The van der Waals surface area contributed by atoms with Gasteiger partial charge in [0.2, 0.25) is 0 Å². The van der Waals surface area contributed by atoms with Gasteiger partial charge >= 0.3 is 0 Å². The van der Waals surface area contributed by atoms with Crippen molar-refractivity contribution in [3.05, 3.63) is 10.6 Å². The molecule has 0 N–H and O–H groups in total. The van der Waals surface area contributed by atoms with Gasteiger partial charge in [-0.2, -0.15) is 0 Å². The van der Waals surface area contributed by atoms with Gasteiger partial charge in [0, 0.05) is 6.42 Å². The largest absolute Gasteiger partial charge is 0.467 e. The summed E-state index contributed by atoms with van der Waals surface area (Å²) in [6.45, 7) is 0.749. The van der Waals surface area contributed by atoms with E-state index >= 15 is 0 Å². The van der Waals surface area contributed by atoms with E-state index in [1.54, 1.807) is 0 Å². The highest BCUT2D eigenvalue weighted by atomic mass is 35.5. The SMILES string of the molecule is O=COCCc1nnsc1CCl. The van der Waals surface area contributed by atoms with Crippen LogP contribution in [0.4, 0.5) is 0 Å². The summed E-state index contributed by atoms with van der Waals surface area (Å²) in [5.41, 5.74) is 0.817. The second kappa shape index (κ2) is 5.05. The normalized spacial score (nSPS) is 9.75. The van der Waals surface area contributed by atoms with Crippen molar-refractivity contribution in [2.45, 2.75) is 12.3 Å². The summed E-state index contributed by atoms with van der Waals surface area (Å²) in [6.07, 6.45) is 0.581. The zero-order chi connectivity index (χ0) is 8.81. The number of hydrogen-bond acceptors (Lipinski definition) is 5. The molecule has 0 fully saturated rings. The lowest BCUT2D eigenvalue weighted by molar-refractivity contribution is -0.128. The molecule has 1 heterocycles. The number of ether oxygens (including phenoxy) is 1. The second-order valence-electron chi connectivity index (χ2n) is 1.99. The molecule has 0 saturated carbocycles. The Morgan fingerprint density at radius 3 is 3.17 bits per heavy atom. The molecule has 0 aromatic carbocycles. The van der Waals surface area contributed by atoms with E-state index in [9.17, 15) is 4.79 Å². The smallest absolute Gasteiger partial charge is 0.293 e. The van der Waals surface area contributed by atoms with Crippen molar-refractivity contribution in [2.24, 2.45) is 0 Å². The first-order valence-corrected chi connectivity index (χ1v) is 4.60. The van der Waals surface area contributed by atoms with E-state index in [4.69, 9.17) is 11.6 Å². The molecule has 0 spiro atoms. The van der Waals surface area contributed by atoms with Gasteiger partial charge in [0.1, 0.15) is 0 Å². The predicted molar refractivity (Wildman–Crippen MR) is 45.2 cm³/mol. The first-order valence-electron chi connectivity index (χ1n) is 3.29. The molecule has 1 rings (SSSR count). The number of alkyl halides is 1. The number of hydrogen-bond donors (Lipinski definition) is 0. The molecule has 0 amide bonds. The average molecular weight is 207 g/mol. The molecule has 0 unspecified atom stereocenters. The molecule has 66 valence electrons. The average Bonchev–Trinajstić information content (AvgIpc) is 2.52. The number of aromatic nitrogens is 2. The Balaban J connectivity index is 2.44. The maximum atomic E-state index is 9.81. The zero-order valence-electron chi connectivity index (χ0n) is 6.20. The lowest BCUT2D eigenvalue weighted by atomic mass is 10.3. The van der Waals surface area contributed by atoms with Crippen LogP contribution in [-0.4, -0.2) is 22.7 Å². The summed E-state index contributed by atoms with van der Waals surface area (Å²) in [5, 5.41) is 3.85. The van der Waals surface area contributed by atoms with Crippen molar-refractivity contribution in [2.75, 3.05) is 6.61 Å². The Morgan fingerprint density at radius 1 is 1.67 bits per heavy atom. The Kier molecular flexibility index (Phi) is 3.96. The van der Waals surface area contributed by atoms with Gasteiger partial charge in [0.15, 0.2) is 0 Å². The van der Waals surface area contributed by atoms with E-state index in [1.807, 2.05) is 0 Å². The van der Waals surface area contributed by atoms with Gasteiger partial charge in [-0.1, -0.05) is 4.49 Å². The Morgan fingerprint density at radius 2 is 2.50 bits per heavy atom. The summed E-state index contributed by atoms with van der Waals surface area (Å²) < 4.78 is 8.25. The third kappa shape index (κ3) is 2.42. The van der Waals surface area contributed by atoms with Crippen molar-refractivity contribution in [3.8, 4) is 0 Å². The topological polar surface area (TPSA) is 52.1 Å². The van der Waals surface area contributed by atoms with Crippen LogP contribution in [0.5, 0.6) is 0 Å². The van der Waals surface area contributed by atoms with Crippen LogP contribution in [0.15, 0.2) is 0 Å². The lowest BCUT2D eigenvalue weighted by Gasteiger charge is -1.95. The molecule has 0 saturated heterocycles. The van der Waals surface area contributed by atoms with Crippen molar-refractivity contribution in [1.29, 1.82) is 0 Å². The summed E-state index contributed by atoms with van der Waals surface area (Å²) in [7, 11) is 0. The van der Waals surface area contributed by atoms with Crippen LogP contribution in [0.3, 0.4) is 0 Å². The first kappa shape index (κ1) is 9.41. The molecule has 0 bridgehead atoms. The molecule has 6 heteroatoms. The maximum absolute atomic E-state index is 9.81. The monoisotopic (exact) mass is 206 g/mol. The van der Waals surface area contributed by atoms with Gasteiger partial charge < -0.3 is 4.74 Å². The van der Waals surface area contributed by atoms with Gasteiger partial charge in [-0.25, -0.2) is 0 Å². The molecule has 0 aliphatic carbocycles. The van der Waals surface area contributed by atoms with Crippen LogP contribution in [0, 0.1) is 0 Å². The first-order chi connectivity index (χ1) is 5.88. The van der Waals surface area contributed by atoms with Gasteiger partial charge in [-0.05, 0) is 11.5 Å². The van der Waals surface area contributed by atoms with Crippen LogP contribution < -0.4 is 0 Å². The minimum atomic E-state index is 0.332. The summed E-state index contributed by atoms with van der Waals surface area (Å²) in [4.78, 5) is 10.7. The molecule has 4 nitrogen and oxygen atoms in total. The van der Waals surface area contributed by atoms with E-state index in [0.29, 0.717) is 25.4 Å². The standard InChI is InChI=1S/C6H7ClN2O2S/c7-3-6-5(8-9-12-6)1-2-11-4-10/h4H,1-3H2. The number of rotatable bonds is 5. The Bertz CT molecular complexity index is 253. The van der Waals surface area contributed by atoms with Gasteiger partial charge in [-0.3, -0.25) is 4.79 Å².